The lowest BCUT2D eigenvalue weighted by Gasteiger charge is -2.02. The zero-order valence-electron chi connectivity index (χ0n) is 9.05. The highest BCUT2D eigenvalue weighted by Crippen LogP contribution is 2.26. The van der Waals surface area contributed by atoms with Crippen LogP contribution in [-0.4, -0.2) is 4.57 Å². The van der Waals surface area contributed by atoms with Gasteiger partial charge in [0.15, 0.2) is 0 Å². The Labute approximate surface area is 88.5 Å². The van der Waals surface area contributed by atoms with Gasteiger partial charge in [-0.1, -0.05) is 6.92 Å². The van der Waals surface area contributed by atoms with Gasteiger partial charge in [-0.05, 0) is 30.2 Å². The maximum atomic E-state index is 13.1. The van der Waals surface area contributed by atoms with E-state index in [9.17, 15) is 4.39 Å². The number of nitrogens with zero attached hydrogens (tertiary/aromatic N) is 1. The summed E-state index contributed by atoms with van der Waals surface area (Å²) in [7, 11) is 1.96. The highest BCUT2D eigenvalue weighted by Gasteiger charge is 2.12. The number of aromatic nitrogens is 1. The molecule has 0 amide bonds. The van der Waals surface area contributed by atoms with Crippen molar-refractivity contribution < 1.29 is 4.39 Å². The fourth-order valence-corrected chi connectivity index (χ4v) is 2.22. The summed E-state index contributed by atoms with van der Waals surface area (Å²) < 4.78 is 15.1. The number of hydrogen-bond acceptors (Lipinski definition) is 1. The van der Waals surface area contributed by atoms with Crippen molar-refractivity contribution in [3.63, 3.8) is 0 Å². The van der Waals surface area contributed by atoms with E-state index >= 15 is 0 Å². The van der Waals surface area contributed by atoms with E-state index in [0.29, 0.717) is 6.54 Å². The van der Waals surface area contributed by atoms with Crippen molar-refractivity contribution >= 4 is 10.9 Å². The van der Waals surface area contributed by atoms with Gasteiger partial charge < -0.3 is 10.3 Å². The Morgan fingerprint density at radius 2 is 2.13 bits per heavy atom. The Balaban J connectivity index is 2.84. The summed E-state index contributed by atoms with van der Waals surface area (Å²) in [6.07, 6.45) is 0.916. The van der Waals surface area contributed by atoms with Crippen LogP contribution in [-0.2, 0) is 20.0 Å². The monoisotopic (exact) mass is 206 g/mol. The van der Waals surface area contributed by atoms with Crippen molar-refractivity contribution in [2.45, 2.75) is 19.9 Å². The average molecular weight is 206 g/mol. The van der Waals surface area contributed by atoms with Crippen molar-refractivity contribution in [2.24, 2.45) is 12.8 Å². The smallest absolute Gasteiger partial charge is 0.125 e. The Kier molecular flexibility index (Phi) is 2.49. The molecule has 0 saturated carbocycles. The third-order valence-electron chi connectivity index (χ3n) is 2.94. The summed E-state index contributed by atoms with van der Waals surface area (Å²) in [6.45, 7) is 2.59. The minimum absolute atomic E-state index is 0.200. The van der Waals surface area contributed by atoms with Crippen molar-refractivity contribution in [3.05, 3.63) is 35.3 Å². The second kappa shape index (κ2) is 3.66. The van der Waals surface area contributed by atoms with Crippen LogP contribution < -0.4 is 5.73 Å². The normalized spacial score (nSPS) is 11.2. The van der Waals surface area contributed by atoms with Crippen LogP contribution in [0.1, 0.15) is 18.2 Å². The van der Waals surface area contributed by atoms with E-state index in [1.807, 2.05) is 17.7 Å². The molecule has 1 heterocycles. The summed E-state index contributed by atoms with van der Waals surface area (Å²) in [5.74, 6) is -0.200. The first-order chi connectivity index (χ1) is 7.19. The molecular formula is C12H15FN2. The molecule has 2 aromatic rings. The van der Waals surface area contributed by atoms with Crippen LogP contribution in [0.2, 0.25) is 0 Å². The van der Waals surface area contributed by atoms with E-state index in [4.69, 9.17) is 5.73 Å². The summed E-state index contributed by atoms with van der Waals surface area (Å²) >= 11 is 0. The van der Waals surface area contributed by atoms with E-state index in [1.54, 1.807) is 6.07 Å². The van der Waals surface area contributed by atoms with Crippen LogP contribution in [0.15, 0.2) is 18.2 Å². The molecule has 0 saturated heterocycles. The Bertz CT molecular complexity index is 500. The maximum Gasteiger partial charge on any atom is 0.125 e. The van der Waals surface area contributed by atoms with E-state index in [-0.39, 0.29) is 5.82 Å². The fraction of sp³-hybridized carbons (Fsp3) is 0.333. The van der Waals surface area contributed by atoms with Gasteiger partial charge in [0.2, 0.25) is 0 Å². The summed E-state index contributed by atoms with van der Waals surface area (Å²) in [6, 6.07) is 4.86. The molecule has 2 N–H and O–H groups in total. The Morgan fingerprint density at radius 3 is 2.73 bits per heavy atom. The number of benzene rings is 1. The fourth-order valence-electron chi connectivity index (χ4n) is 2.22. The van der Waals surface area contributed by atoms with Crippen LogP contribution in [0.3, 0.4) is 0 Å². The van der Waals surface area contributed by atoms with E-state index in [0.717, 1.165) is 22.9 Å². The van der Waals surface area contributed by atoms with Gasteiger partial charge in [-0.3, -0.25) is 0 Å². The molecule has 1 aromatic heterocycles. The molecular weight excluding hydrogens is 191 g/mol. The zero-order valence-corrected chi connectivity index (χ0v) is 9.05. The molecule has 0 aliphatic rings. The van der Waals surface area contributed by atoms with Crippen LogP contribution in [0.5, 0.6) is 0 Å². The van der Waals surface area contributed by atoms with E-state index < -0.39 is 0 Å². The predicted octanol–water partition coefficient (Wildman–Crippen LogP) is 2.34. The molecule has 15 heavy (non-hydrogen) atoms. The number of fused-ring (bicyclic) bond motifs is 1. The van der Waals surface area contributed by atoms with Gasteiger partial charge in [0.25, 0.3) is 0 Å². The highest BCUT2D eigenvalue weighted by molar-refractivity contribution is 5.85. The Morgan fingerprint density at radius 1 is 1.40 bits per heavy atom. The number of rotatable bonds is 2. The summed E-state index contributed by atoms with van der Waals surface area (Å²) in [4.78, 5) is 0. The second-order valence-electron chi connectivity index (χ2n) is 3.70. The molecule has 0 unspecified atom stereocenters. The summed E-state index contributed by atoms with van der Waals surface area (Å²) in [5, 5.41) is 1.07. The largest absolute Gasteiger partial charge is 0.347 e. The van der Waals surface area contributed by atoms with Crippen molar-refractivity contribution in [2.75, 3.05) is 0 Å². The van der Waals surface area contributed by atoms with Gasteiger partial charge in [-0.25, -0.2) is 4.39 Å². The average Bonchev–Trinajstić information content (AvgIpc) is 2.51. The van der Waals surface area contributed by atoms with Crippen LogP contribution in [0.4, 0.5) is 4.39 Å². The van der Waals surface area contributed by atoms with Crippen LogP contribution >= 0.6 is 0 Å². The molecule has 0 bridgehead atoms. The molecule has 0 spiro atoms. The Hall–Kier alpha value is -1.35. The summed E-state index contributed by atoms with van der Waals surface area (Å²) in [5.41, 5.74) is 8.99. The second-order valence-corrected chi connectivity index (χ2v) is 3.70. The van der Waals surface area contributed by atoms with E-state index in [1.165, 1.54) is 11.8 Å². The zero-order chi connectivity index (χ0) is 11.0. The highest BCUT2D eigenvalue weighted by atomic mass is 19.1. The molecule has 0 atom stereocenters. The van der Waals surface area contributed by atoms with Crippen LogP contribution in [0.25, 0.3) is 10.9 Å². The molecule has 80 valence electrons. The van der Waals surface area contributed by atoms with Gasteiger partial charge in [0.1, 0.15) is 5.82 Å². The first-order valence-electron chi connectivity index (χ1n) is 5.14. The quantitative estimate of drug-likeness (QED) is 0.803. The van der Waals surface area contributed by atoms with Gasteiger partial charge in [-0.2, -0.15) is 0 Å². The minimum atomic E-state index is -0.200. The van der Waals surface area contributed by atoms with Crippen LogP contribution in [0, 0.1) is 5.82 Å². The first-order valence-corrected chi connectivity index (χ1v) is 5.14. The van der Waals surface area contributed by atoms with Gasteiger partial charge in [0, 0.05) is 24.7 Å². The predicted molar refractivity (Wildman–Crippen MR) is 60.1 cm³/mol. The molecule has 0 fully saturated rings. The maximum absolute atomic E-state index is 13.1. The lowest BCUT2D eigenvalue weighted by molar-refractivity contribution is 0.628. The number of nitrogens with two attached hydrogens (primary N) is 1. The molecule has 1 aromatic carbocycles. The standard InChI is InChI=1S/C12H15FN2/c1-3-11-10(7-14)9-5-4-8(13)6-12(9)15(11)2/h4-6H,3,7,14H2,1-2H3. The third-order valence-corrected chi connectivity index (χ3v) is 2.94. The number of aryl methyl sites for hydroxylation is 1. The number of halogens is 1. The van der Waals surface area contributed by atoms with E-state index in [2.05, 4.69) is 6.92 Å². The molecule has 2 nitrogen and oxygen atoms in total. The molecule has 0 radical (unpaired) electrons. The van der Waals surface area contributed by atoms with Gasteiger partial charge in [-0.15, -0.1) is 0 Å². The molecule has 0 aliphatic heterocycles. The lowest BCUT2D eigenvalue weighted by Crippen LogP contribution is -2.02. The van der Waals surface area contributed by atoms with Crippen molar-refractivity contribution in [1.29, 1.82) is 0 Å². The topological polar surface area (TPSA) is 30.9 Å². The first kappa shape index (κ1) is 10.2. The molecule has 2 rings (SSSR count). The third kappa shape index (κ3) is 1.43. The van der Waals surface area contributed by atoms with Crippen molar-refractivity contribution in [3.8, 4) is 0 Å². The van der Waals surface area contributed by atoms with Gasteiger partial charge in [0.05, 0.1) is 5.52 Å². The minimum Gasteiger partial charge on any atom is -0.347 e. The SMILES string of the molecule is CCc1c(CN)c2ccc(F)cc2n1C. The molecule has 0 aliphatic carbocycles. The number of hydrogen-bond donors (Lipinski definition) is 1. The van der Waals surface area contributed by atoms with Gasteiger partial charge >= 0.3 is 0 Å². The molecule has 3 heteroatoms. The lowest BCUT2D eigenvalue weighted by atomic mass is 10.1. The van der Waals surface area contributed by atoms with Crippen molar-refractivity contribution in [1.82, 2.24) is 4.57 Å².